The molecule has 0 saturated heterocycles. The molecule has 0 unspecified atom stereocenters. The van der Waals surface area contributed by atoms with E-state index in [1.807, 2.05) is 34.9 Å². The highest BCUT2D eigenvalue weighted by atomic mass is 32.2. The average molecular weight is 270 g/mol. The predicted molar refractivity (Wildman–Crippen MR) is 72.4 cm³/mol. The first kappa shape index (κ1) is 11.7. The Labute approximate surface area is 113 Å². The highest BCUT2D eigenvalue weighted by Crippen LogP contribution is 2.26. The van der Waals surface area contributed by atoms with E-state index in [1.165, 1.54) is 11.8 Å². The standard InChI is InChI=1S/C12H10N6S/c13-11(14)9-7-8(4-5-15-9)19-12-17-16-10-3-1-2-6-18(10)12/h1-7H,(H3,13,14). The van der Waals surface area contributed by atoms with Gasteiger partial charge in [-0.25, -0.2) is 0 Å². The van der Waals surface area contributed by atoms with Crippen molar-refractivity contribution in [2.45, 2.75) is 10.1 Å². The number of pyridine rings is 2. The smallest absolute Gasteiger partial charge is 0.200 e. The predicted octanol–water partition coefficient (Wildman–Crippen LogP) is 1.56. The SMILES string of the molecule is N=C(N)c1cc(Sc2nnc3ccccn23)ccn1. The lowest BCUT2D eigenvalue weighted by Gasteiger charge is -2.02. The Balaban J connectivity index is 1.97. The summed E-state index contributed by atoms with van der Waals surface area (Å²) in [6, 6.07) is 9.34. The third kappa shape index (κ3) is 2.27. The summed E-state index contributed by atoms with van der Waals surface area (Å²) in [4.78, 5) is 4.94. The number of rotatable bonds is 3. The Morgan fingerprint density at radius 3 is 3.00 bits per heavy atom. The van der Waals surface area contributed by atoms with E-state index in [1.54, 1.807) is 12.3 Å². The molecule has 7 heteroatoms. The molecule has 0 fully saturated rings. The highest BCUT2D eigenvalue weighted by molar-refractivity contribution is 7.99. The van der Waals surface area contributed by atoms with Crippen molar-refractivity contribution in [3.63, 3.8) is 0 Å². The van der Waals surface area contributed by atoms with Gasteiger partial charge in [0.15, 0.2) is 10.8 Å². The van der Waals surface area contributed by atoms with Crippen molar-refractivity contribution in [2.24, 2.45) is 5.73 Å². The quantitative estimate of drug-likeness (QED) is 0.556. The molecule has 3 aromatic heterocycles. The van der Waals surface area contributed by atoms with Crippen molar-refractivity contribution in [1.29, 1.82) is 5.41 Å². The number of amidine groups is 1. The van der Waals surface area contributed by atoms with Crippen molar-refractivity contribution in [3.8, 4) is 0 Å². The maximum absolute atomic E-state index is 7.39. The third-order valence-electron chi connectivity index (χ3n) is 2.50. The molecular weight excluding hydrogens is 260 g/mol. The number of hydrogen-bond acceptors (Lipinski definition) is 5. The monoisotopic (exact) mass is 270 g/mol. The second-order valence-corrected chi connectivity index (χ2v) is 4.84. The molecule has 6 nitrogen and oxygen atoms in total. The first-order valence-electron chi connectivity index (χ1n) is 5.52. The number of aromatic nitrogens is 4. The molecule has 3 heterocycles. The van der Waals surface area contributed by atoms with Gasteiger partial charge in [0, 0.05) is 17.3 Å². The number of hydrogen-bond donors (Lipinski definition) is 2. The summed E-state index contributed by atoms with van der Waals surface area (Å²) in [7, 11) is 0. The van der Waals surface area contributed by atoms with Gasteiger partial charge in [-0.1, -0.05) is 6.07 Å². The summed E-state index contributed by atoms with van der Waals surface area (Å²) >= 11 is 1.45. The third-order valence-corrected chi connectivity index (χ3v) is 3.45. The summed E-state index contributed by atoms with van der Waals surface area (Å²) < 4.78 is 1.90. The zero-order chi connectivity index (χ0) is 13.2. The summed E-state index contributed by atoms with van der Waals surface area (Å²) in [5.41, 5.74) is 6.68. The molecule has 3 rings (SSSR count). The minimum Gasteiger partial charge on any atom is -0.382 e. The van der Waals surface area contributed by atoms with E-state index in [4.69, 9.17) is 11.1 Å². The van der Waals surface area contributed by atoms with Crippen molar-refractivity contribution < 1.29 is 0 Å². The van der Waals surface area contributed by atoms with Gasteiger partial charge >= 0.3 is 0 Å². The molecule has 0 aliphatic carbocycles. The van der Waals surface area contributed by atoms with Crippen LogP contribution in [0.15, 0.2) is 52.8 Å². The van der Waals surface area contributed by atoms with Crippen LogP contribution < -0.4 is 5.73 Å². The van der Waals surface area contributed by atoms with Gasteiger partial charge in [-0.15, -0.1) is 10.2 Å². The minimum atomic E-state index is -0.0476. The van der Waals surface area contributed by atoms with Crippen LogP contribution in [0.3, 0.4) is 0 Å². The molecule has 19 heavy (non-hydrogen) atoms. The molecule has 94 valence electrons. The molecule has 3 N–H and O–H groups in total. The van der Waals surface area contributed by atoms with E-state index in [2.05, 4.69) is 15.2 Å². The lowest BCUT2D eigenvalue weighted by Crippen LogP contribution is -2.12. The fourth-order valence-electron chi connectivity index (χ4n) is 1.62. The molecule has 0 aliphatic heterocycles. The van der Waals surface area contributed by atoms with Crippen molar-refractivity contribution in [1.82, 2.24) is 19.6 Å². The first-order valence-corrected chi connectivity index (χ1v) is 6.34. The number of nitrogen functional groups attached to an aromatic ring is 1. The Hall–Kier alpha value is -2.41. The van der Waals surface area contributed by atoms with Crippen LogP contribution in [0, 0.1) is 5.41 Å². The van der Waals surface area contributed by atoms with E-state index in [-0.39, 0.29) is 5.84 Å². The van der Waals surface area contributed by atoms with Gasteiger partial charge < -0.3 is 5.73 Å². The van der Waals surface area contributed by atoms with Crippen LogP contribution in [-0.2, 0) is 0 Å². The van der Waals surface area contributed by atoms with Crippen LogP contribution >= 0.6 is 11.8 Å². The lowest BCUT2D eigenvalue weighted by molar-refractivity contribution is 0.921. The number of nitrogens with one attached hydrogen (secondary N) is 1. The molecule has 0 radical (unpaired) electrons. The molecule has 3 aromatic rings. The Morgan fingerprint density at radius 2 is 2.16 bits per heavy atom. The molecule has 0 amide bonds. The van der Waals surface area contributed by atoms with Crippen LogP contribution in [0.2, 0.25) is 0 Å². The molecule has 0 aromatic carbocycles. The molecule has 0 saturated carbocycles. The van der Waals surface area contributed by atoms with Crippen molar-refractivity contribution in [3.05, 3.63) is 48.4 Å². The van der Waals surface area contributed by atoms with E-state index < -0.39 is 0 Å². The van der Waals surface area contributed by atoms with Gasteiger partial charge in [0.1, 0.15) is 11.5 Å². The zero-order valence-electron chi connectivity index (χ0n) is 9.82. The number of nitrogens with zero attached hydrogens (tertiary/aromatic N) is 4. The Bertz CT molecular complexity index is 751. The number of nitrogens with two attached hydrogens (primary N) is 1. The molecular formula is C12H10N6S. The summed E-state index contributed by atoms with van der Waals surface area (Å²) in [5, 5.41) is 16.4. The summed E-state index contributed by atoms with van der Waals surface area (Å²) in [6.45, 7) is 0. The Morgan fingerprint density at radius 1 is 1.26 bits per heavy atom. The largest absolute Gasteiger partial charge is 0.382 e. The maximum Gasteiger partial charge on any atom is 0.200 e. The van der Waals surface area contributed by atoms with E-state index >= 15 is 0 Å². The normalized spacial score (nSPS) is 10.7. The fourth-order valence-corrected chi connectivity index (χ4v) is 2.46. The summed E-state index contributed by atoms with van der Waals surface area (Å²) in [6.07, 6.45) is 3.53. The van der Waals surface area contributed by atoms with Gasteiger partial charge in [-0.05, 0) is 36.0 Å². The topological polar surface area (TPSA) is 93.0 Å². The lowest BCUT2D eigenvalue weighted by atomic mass is 10.3. The molecule has 0 bridgehead atoms. The minimum absolute atomic E-state index is 0.0476. The van der Waals surface area contributed by atoms with Crippen LogP contribution in [-0.4, -0.2) is 25.4 Å². The van der Waals surface area contributed by atoms with Crippen LogP contribution in [0.5, 0.6) is 0 Å². The second-order valence-electron chi connectivity index (χ2n) is 3.80. The van der Waals surface area contributed by atoms with Gasteiger partial charge in [0.05, 0.1) is 0 Å². The fraction of sp³-hybridized carbons (Fsp3) is 0. The van der Waals surface area contributed by atoms with Crippen LogP contribution in [0.4, 0.5) is 0 Å². The van der Waals surface area contributed by atoms with Crippen molar-refractivity contribution in [2.75, 3.05) is 0 Å². The van der Waals surface area contributed by atoms with Gasteiger partial charge in [-0.2, -0.15) is 0 Å². The second kappa shape index (κ2) is 4.69. The summed E-state index contributed by atoms with van der Waals surface area (Å²) in [5.74, 6) is -0.0476. The molecule has 0 aliphatic rings. The van der Waals surface area contributed by atoms with Gasteiger partial charge in [0.2, 0.25) is 0 Å². The van der Waals surface area contributed by atoms with Crippen LogP contribution in [0.1, 0.15) is 5.69 Å². The van der Waals surface area contributed by atoms with Gasteiger partial charge in [0.25, 0.3) is 0 Å². The highest BCUT2D eigenvalue weighted by Gasteiger charge is 2.08. The molecule has 0 spiro atoms. The van der Waals surface area contributed by atoms with Crippen LogP contribution in [0.25, 0.3) is 5.65 Å². The van der Waals surface area contributed by atoms with E-state index in [0.717, 1.165) is 15.7 Å². The average Bonchev–Trinajstić information content (AvgIpc) is 2.83. The maximum atomic E-state index is 7.39. The van der Waals surface area contributed by atoms with E-state index in [9.17, 15) is 0 Å². The molecule has 0 atom stereocenters. The Kier molecular flexibility index (Phi) is 2.88. The van der Waals surface area contributed by atoms with Crippen molar-refractivity contribution >= 4 is 23.2 Å². The van der Waals surface area contributed by atoms with Gasteiger partial charge in [-0.3, -0.25) is 14.8 Å². The van der Waals surface area contributed by atoms with E-state index in [0.29, 0.717) is 5.69 Å². The first-order chi connectivity index (χ1) is 9.24. The number of fused-ring (bicyclic) bond motifs is 1. The zero-order valence-corrected chi connectivity index (χ0v) is 10.6.